The van der Waals surface area contributed by atoms with Crippen molar-refractivity contribution in [2.45, 2.75) is 25.7 Å². The fraction of sp³-hybridized carbons (Fsp3) is 0.467. The third-order valence-electron chi connectivity index (χ3n) is 3.68. The Morgan fingerprint density at radius 1 is 1.25 bits per heavy atom. The Morgan fingerprint density at radius 3 is 2.80 bits per heavy atom. The van der Waals surface area contributed by atoms with E-state index in [2.05, 4.69) is 10.1 Å². The Bertz CT molecular complexity index is 589. The number of hydrogen-bond donors (Lipinski definition) is 0. The van der Waals surface area contributed by atoms with Gasteiger partial charge in [0, 0.05) is 24.7 Å². The van der Waals surface area contributed by atoms with E-state index in [0.29, 0.717) is 11.8 Å². The predicted molar refractivity (Wildman–Crippen MR) is 73.8 cm³/mol. The molecule has 0 aliphatic carbocycles. The van der Waals surface area contributed by atoms with Crippen LogP contribution in [0.5, 0.6) is 5.75 Å². The highest BCUT2D eigenvalue weighted by atomic mass is 16.5. The third-order valence-corrected chi connectivity index (χ3v) is 3.68. The van der Waals surface area contributed by atoms with Gasteiger partial charge < -0.3 is 14.0 Å². The van der Waals surface area contributed by atoms with Gasteiger partial charge in [-0.15, -0.1) is 0 Å². The molecule has 0 radical (unpaired) electrons. The molecule has 0 atom stereocenters. The molecule has 0 unspecified atom stereocenters. The molecule has 0 bridgehead atoms. The first-order valence-corrected chi connectivity index (χ1v) is 6.84. The summed E-state index contributed by atoms with van der Waals surface area (Å²) in [5, 5.41) is 4.11. The second-order valence-electron chi connectivity index (χ2n) is 5.03. The molecule has 1 aromatic carbocycles. The van der Waals surface area contributed by atoms with Crippen LogP contribution in [0.25, 0.3) is 11.5 Å². The minimum Gasteiger partial charge on any atom is -0.496 e. The molecule has 1 saturated heterocycles. The molecular formula is C15H18N2O3. The number of rotatable bonds is 3. The van der Waals surface area contributed by atoms with Crippen LogP contribution in [0.1, 0.15) is 30.1 Å². The number of aromatic nitrogens is 2. The zero-order valence-electron chi connectivity index (χ0n) is 11.8. The molecule has 3 rings (SSSR count). The van der Waals surface area contributed by atoms with E-state index in [0.717, 1.165) is 48.8 Å². The molecule has 0 spiro atoms. The number of aryl methyl sites for hydroxylation is 1. The first-order chi connectivity index (χ1) is 9.78. The lowest BCUT2D eigenvalue weighted by Crippen LogP contribution is -2.15. The molecule has 1 aromatic heterocycles. The van der Waals surface area contributed by atoms with Crippen molar-refractivity contribution in [1.29, 1.82) is 0 Å². The van der Waals surface area contributed by atoms with Gasteiger partial charge in [0.2, 0.25) is 0 Å². The molecule has 1 fully saturated rings. The summed E-state index contributed by atoms with van der Waals surface area (Å²) in [7, 11) is 1.66. The maximum absolute atomic E-state index is 5.39. The summed E-state index contributed by atoms with van der Waals surface area (Å²) in [6.45, 7) is 3.55. The van der Waals surface area contributed by atoms with E-state index in [-0.39, 0.29) is 0 Å². The van der Waals surface area contributed by atoms with Gasteiger partial charge in [0.05, 0.1) is 7.11 Å². The monoisotopic (exact) mass is 274 g/mol. The summed E-state index contributed by atoms with van der Waals surface area (Å²) >= 11 is 0. The van der Waals surface area contributed by atoms with Crippen LogP contribution in [0.15, 0.2) is 22.7 Å². The number of nitrogens with zero attached hydrogens (tertiary/aromatic N) is 2. The van der Waals surface area contributed by atoms with E-state index in [1.807, 2.05) is 25.1 Å². The maximum atomic E-state index is 5.39. The standard InChI is InChI=1S/C15H18N2O3/c1-10-3-4-12(9-13(10)18-2)15-16-14(17-20-15)11-5-7-19-8-6-11/h3-4,9,11H,5-8H2,1-2H3. The summed E-state index contributed by atoms with van der Waals surface area (Å²) in [5.74, 6) is 2.49. The van der Waals surface area contributed by atoms with Crippen LogP contribution < -0.4 is 4.74 Å². The van der Waals surface area contributed by atoms with Crippen molar-refractivity contribution in [2.24, 2.45) is 0 Å². The molecule has 0 saturated carbocycles. The molecule has 5 nitrogen and oxygen atoms in total. The van der Waals surface area contributed by atoms with Crippen LogP contribution in [0.2, 0.25) is 0 Å². The second-order valence-corrected chi connectivity index (χ2v) is 5.03. The van der Waals surface area contributed by atoms with Crippen molar-refractivity contribution in [3.63, 3.8) is 0 Å². The Morgan fingerprint density at radius 2 is 2.05 bits per heavy atom. The van der Waals surface area contributed by atoms with Crippen molar-refractivity contribution in [1.82, 2.24) is 10.1 Å². The quantitative estimate of drug-likeness (QED) is 0.861. The summed E-state index contributed by atoms with van der Waals surface area (Å²) in [6.07, 6.45) is 1.91. The van der Waals surface area contributed by atoms with Crippen molar-refractivity contribution < 1.29 is 14.0 Å². The molecule has 0 N–H and O–H groups in total. The molecule has 2 aromatic rings. The second kappa shape index (κ2) is 5.63. The summed E-state index contributed by atoms with van der Waals surface area (Å²) < 4.78 is 16.1. The van der Waals surface area contributed by atoms with Crippen LogP contribution in [0.3, 0.4) is 0 Å². The van der Waals surface area contributed by atoms with Crippen molar-refractivity contribution in [2.75, 3.05) is 20.3 Å². The minimum atomic E-state index is 0.341. The van der Waals surface area contributed by atoms with Crippen LogP contribution >= 0.6 is 0 Å². The van der Waals surface area contributed by atoms with Crippen molar-refractivity contribution >= 4 is 0 Å². The average molecular weight is 274 g/mol. The fourth-order valence-electron chi connectivity index (χ4n) is 2.43. The van der Waals surface area contributed by atoms with E-state index in [1.165, 1.54) is 0 Å². The summed E-state index contributed by atoms with van der Waals surface area (Å²) in [6, 6.07) is 5.89. The Balaban J connectivity index is 1.85. The lowest BCUT2D eigenvalue weighted by Gasteiger charge is -2.18. The molecule has 1 aliphatic heterocycles. The van der Waals surface area contributed by atoms with E-state index >= 15 is 0 Å². The number of hydrogen-bond acceptors (Lipinski definition) is 5. The van der Waals surface area contributed by atoms with E-state index < -0.39 is 0 Å². The normalized spacial score (nSPS) is 16.3. The van der Waals surface area contributed by atoms with Crippen LogP contribution in [-0.4, -0.2) is 30.5 Å². The molecule has 2 heterocycles. The van der Waals surface area contributed by atoms with Crippen LogP contribution in [-0.2, 0) is 4.74 Å². The van der Waals surface area contributed by atoms with Gasteiger partial charge >= 0.3 is 0 Å². The first-order valence-electron chi connectivity index (χ1n) is 6.84. The zero-order chi connectivity index (χ0) is 13.9. The smallest absolute Gasteiger partial charge is 0.258 e. The largest absolute Gasteiger partial charge is 0.496 e. The van der Waals surface area contributed by atoms with E-state index in [4.69, 9.17) is 14.0 Å². The van der Waals surface area contributed by atoms with Gasteiger partial charge in [-0.05, 0) is 37.5 Å². The van der Waals surface area contributed by atoms with Gasteiger partial charge in [-0.1, -0.05) is 11.2 Å². The maximum Gasteiger partial charge on any atom is 0.258 e. The van der Waals surface area contributed by atoms with Gasteiger partial charge in [0.25, 0.3) is 5.89 Å². The third kappa shape index (κ3) is 2.54. The number of benzene rings is 1. The van der Waals surface area contributed by atoms with Gasteiger partial charge in [-0.25, -0.2) is 0 Å². The van der Waals surface area contributed by atoms with Gasteiger partial charge in [0.15, 0.2) is 5.82 Å². The minimum absolute atomic E-state index is 0.341. The van der Waals surface area contributed by atoms with E-state index in [9.17, 15) is 0 Å². The summed E-state index contributed by atoms with van der Waals surface area (Å²) in [5.41, 5.74) is 1.97. The number of methoxy groups -OCH3 is 1. The molecule has 0 amide bonds. The molecule has 20 heavy (non-hydrogen) atoms. The molecule has 1 aliphatic rings. The van der Waals surface area contributed by atoms with E-state index in [1.54, 1.807) is 7.11 Å². The zero-order valence-corrected chi connectivity index (χ0v) is 11.8. The lowest BCUT2D eigenvalue weighted by molar-refractivity contribution is 0.0830. The highest BCUT2D eigenvalue weighted by molar-refractivity contribution is 5.57. The van der Waals surface area contributed by atoms with Crippen molar-refractivity contribution in [3.8, 4) is 17.2 Å². The molecule has 5 heteroatoms. The fourth-order valence-corrected chi connectivity index (χ4v) is 2.43. The Hall–Kier alpha value is -1.88. The highest BCUT2D eigenvalue weighted by Gasteiger charge is 2.21. The van der Waals surface area contributed by atoms with Gasteiger partial charge in [-0.3, -0.25) is 0 Å². The molecular weight excluding hydrogens is 256 g/mol. The number of ether oxygens (including phenoxy) is 2. The van der Waals surface area contributed by atoms with Crippen molar-refractivity contribution in [3.05, 3.63) is 29.6 Å². The Labute approximate surface area is 117 Å². The first kappa shape index (κ1) is 13.1. The van der Waals surface area contributed by atoms with Crippen LogP contribution in [0, 0.1) is 6.92 Å². The summed E-state index contributed by atoms with van der Waals surface area (Å²) in [4.78, 5) is 4.52. The average Bonchev–Trinajstić information content (AvgIpc) is 2.98. The van der Waals surface area contributed by atoms with Gasteiger partial charge in [0.1, 0.15) is 5.75 Å². The van der Waals surface area contributed by atoms with Crippen LogP contribution in [0.4, 0.5) is 0 Å². The topological polar surface area (TPSA) is 57.4 Å². The molecule has 106 valence electrons. The lowest BCUT2D eigenvalue weighted by atomic mass is 10.00. The Kier molecular flexibility index (Phi) is 3.69. The predicted octanol–water partition coefficient (Wildman–Crippen LogP) is 2.95. The van der Waals surface area contributed by atoms with Gasteiger partial charge in [-0.2, -0.15) is 4.98 Å². The SMILES string of the molecule is COc1cc(-c2nc(C3CCOCC3)no2)ccc1C. The highest BCUT2D eigenvalue weighted by Crippen LogP contribution is 2.29.